The number of methoxy groups -OCH3 is 1. The van der Waals surface area contributed by atoms with Crippen molar-refractivity contribution in [3.63, 3.8) is 0 Å². The number of nitrogens with one attached hydrogen (secondary N) is 1. The second kappa shape index (κ2) is 15.1. The molecular formula is C39H36F2N6O5. The van der Waals surface area contributed by atoms with Crippen LogP contribution in [0.15, 0.2) is 95.9 Å². The molecule has 13 heteroatoms. The smallest absolute Gasteiger partial charge is 0.280 e. The summed E-state index contributed by atoms with van der Waals surface area (Å²) in [6.07, 6.45) is 2.42. The molecule has 0 bridgehead atoms. The quantitative estimate of drug-likeness (QED) is 0.156. The maximum Gasteiger partial charge on any atom is 0.280 e. The Bertz CT molecular complexity index is 2310. The zero-order chi connectivity index (χ0) is 36.2. The molecule has 1 fully saturated rings. The van der Waals surface area contributed by atoms with E-state index in [1.165, 1.54) is 41.1 Å². The highest BCUT2D eigenvalue weighted by Crippen LogP contribution is 2.38. The second-order valence-corrected chi connectivity index (χ2v) is 12.5. The summed E-state index contributed by atoms with van der Waals surface area (Å²) >= 11 is 0. The lowest BCUT2D eigenvalue weighted by atomic mass is 10.1. The van der Waals surface area contributed by atoms with E-state index in [1.54, 1.807) is 55.8 Å². The molecule has 6 aromatic rings. The summed E-state index contributed by atoms with van der Waals surface area (Å²) in [6.45, 7) is 5.69. The largest absolute Gasteiger partial charge is 0.493 e. The van der Waals surface area contributed by atoms with Gasteiger partial charge in [-0.1, -0.05) is 12.1 Å². The highest BCUT2D eigenvalue weighted by atomic mass is 19.1. The highest BCUT2D eigenvalue weighted by molar-refractivity contribution is 6.04. The van der Waals surface area contributed by atoms with Gasteiger partial charge in [0.1, 0.15) is 11.6 Å². The highest BCUT2D eigenvalue weighted by Gasteiger charge is 2.20. The molecule has 3 heterocycles. The Morgan fingerprint density at radius 1 is 0.865 bits per heavy atom. The number of hydrogen-bond acceptors (Lipinski definition) is 9. The van der Waals surface area contributed by atoms with E-state index in [-0.39, 0.29) is 16.8 Å². The van der Waals surface area contributed by atoms with Crippen LogP contribution in [0.1, 0.15) is 16.9 Å². The predicted octanol–water partition coefficient (Wildman–Crippen LogP) is 6.28. The Kier molecular flexibility index (Phi) is 10.0. The Hall–Kier alpha value is -5.92. The van der Waals surface area contributed by atoms with E-state index in [4.69, 9.17) is 14.2 Å². The Morgan fingerprint density at radius 3 is 2.42 bits per heavy atom. The topological polar surface area (TPSA) is 111 Å². The molecule has 52 heavy (non-hydrogen) atoms. The van der Waals surface area contributed by atoms with Gasteiger partial charge < -0.3 is 29.3 Å². The average Bonchev–Trinajstić information content (AvgIpc) is 3.15. The molecule has 1 aliphatic rings. The predicted molar refractivity (Wildman–Crippen MR) is 194 cm³/mol. The number of hydrogen-bond donors (Lipinski definition) is 1. The van der Waals surface area contributed by atoms with Crippen LogP contribution in [-0.4, -0.2) is 84.0 Å². The number of halogens is 2. The van der Waals surface area contributed by atoms with Gasteiger partial charge in [0.2, 0.25) is 5.43 Å². The van der Waals surface area contributed by atoms with E-state index in [9.17, 15) is 14.0 Å². The van der Waals surface area contributed by atoms with Gasteiger partial charge in [0.05, 0.1) is 35.8 Å². The number of rotatable bonds is 11. The first-order valence-electron chi connectivity index (χ1n) is 16.8. The fourth-order valence-corrected chi connectivity index (χ4v) is 6.11. The molecule has 1 saturated heterocycles. The number of nitrogens with zero attached hydrogens (tertiary/aromatic N) is 5. The summed E-state index contributed by atoms with van der Waals surface area (Å²) in [5, 5.41) is 7.69. The van der Waals surface area contributed by atoms with Gasteiger partial charge in [-0.3, -0.25) is 14.6 Å². The number of likely N-dealkylation sites (N-methyl/N-ethyl adjacent to an activating group) is 1. The Labute approximate surface area is 298 Å². The minimum atomic E-state index is -0.843. The number of aromatic nitrogens is 3. The lowest BCUT2D eigenvalue weighted by Crippen LogP contribution is -2.44. The van der Waals surface area contributed by atoms with Gasteiger partial charge in [-0.05, 0) is 74.1 Å². The van der Waals surface area contributed by atoms with Crippen molar-refractivity contribution in [1.82, 2.24) is 24.6 Å². The molecule has 7 rings (SSSR count). The number of para-hydroxylation sites is 1. The molecule has 1 amide bonds. The Morgan fingerprint density at radius 2 is 1.65 bits per heavy atom. The fourth-order valence-electron chi connectivity index (χ4n) is 6.11. The molecule has 0 radical (unpaired) electrons. The van der Waals surface area contributed by atoms with Crippen molar-refractivity contribution in [3.8, 4) is 28.7 Å². The molecule has 0 aliphatic carbocycles. The number of ether oxygens (including phenoxy) is 3. The third kappa shape index (κ3) is 7.41. The van der Waals surface area contributed by atoms with Gasteiger partial charge >= 0.3 is 0 Å². The number of amides is 1. The van der Waals surface area contributed by atoms with Crippen LogP contribution in [0, 0.1) is 11.6 Å². The standard InChI is InChI=1S/C39H36F2N6O5/c1-45-17-19-46(20-18-45)16-5-21-51-36-24-31-29(23-35(36)50-2)33(14-15-42-31)52-34-13-10-26(22-30(34)41)43-39(49)37-38(48)28-6-3-4-7-32(28)47(44-37)27-11-8-25(40)9-12-27/h3-4,6-15,22-24H,5,16-21H2,1-2H3,(H,43,49). The van der Waals surface area contributed by atoms with Crippen molar-refractivity contribution in [2.24, 2.45) is 0 Å². The van der Waals surface area contributed by atoms with E-state index in [2.05, 4.69) is 32.2 Å². The summed E-state index contributed by atoms with van der Waals surface area (Å²) in [7, 11) is 3.68. The molecule has 0 saturated carbocycles. The number of carbonyl (C=O) groups excluding carboxylic acids is 1. The minimum absolute atomic E-state index is 0.0770. The maximum atomic E-state index is 15.5. The summed E-state index contributed by atoms with van der Waals surface area (Å²) in [5.74, 6) is -0.771. The Balaban J connectivity index is 1.07. The van der Waals surface area contributed by atoms with Gasteiger partial charge in [-0.15, -0.1) is 0 Å². The second-order valence-electron chi connectivity index (χ2n) is 12.5. The molecule has 0 atom stereocenters. The number of fused-ring (bicyclic) bond motifs is 2. The normalized spacial score (nSPS) is 13.7. The SMILES string of the molecule is COc1cc2c(Oc3ccc(NC(=O)c4nn(-c5ccc(F)cc5)c5ccccc5c4=O)cc3F)ccnc2cc1OCCCN1CCN(C)CC1. The van der Waals surface area contributed by atoms with Crippen molar-refractivity contribution in [2.75, 3.05) is 58.8 Å². The van der Waals surface area contributed by atoms with Crippen LogP contribution >= 0.6 is 0 Å². The number of piperazine rings is 1. The molecular weight excluding hydrogens is 670 g/mol. The van der Waals surface area contributed by atoms with Gasteiger partial charge in [-0.25, -0.2) is 13.5 Å². The molecule has 1 N–H and O–H groups in total. The molecule has 11 nitrogen and oxygen atoms in total. The average molecular weight is 707 g/mol. The van der Waals surface area contributed by atoms with Crippen molar-refractivity contribution in [1.29, 1.82) is 0 Å². The van der Waals surface area contributed by atoms with E-state index in [1.807, 2.05) is 0 Å². The van der Waals surface area contributed by atoms with Crippen LogP contribution in [0.3, 0.4) is 0 Å². The van der Waals surface area contributed by atoms with Gasteiger partial charge in [0.15, 0.2) is 28.8 Å². The number of anilines is 1. The summed E-state index contributed by atoms with van der Waals surface area (Å²) in [6, 6.07) is 21.2. The van der Waals surface area contributed by atoms with E-state index in [0.29, 0.717) is 46.0 Å². The molecule has 2 aromatic heterocycles. The summed E-state index contributed by atoms with van der Waals surface area (Å²) in [5.41, 5.74) is 0.510. The first kappa shape index (κ1) is 34.5. The lowest BCUT2D eigenvalue weighted by molar-refractivity contribution is 0.102. The summed E-state index contributed by atoms with van der Waals surface area (Å²) in [4.78, 5) is 35.9. The lowest BCUT2D eigenvalue weighted by Gasteiger charge is -2.32. The monoisotopic (exact) mass is 706 g/mol. The van der Waals surface area contributed by atoms with Crippen LogP contribution < -0.4 is 25.0 Å². The van der Waals surface area contributed by atoms with Crippen LogP contribution in [0.4, 0.5) is 14.5 Å². The van der Waals surface area contributed by atoms with Crippen LogP contribution in [0.2, 0.25) is 0 Å². The molecule has 0 spiro atoms. The van der Waals surface area contributed by atoms with E-state index in [0.717, 1.165) is 45.2 Å². The third-order valence-corrected chi connectivity index (χ3v) is 8.95. The van der Waals surface area contributed by atoms with E-state index >= 15 is 4.39 Å². The van der Waals surface area contributed by atoms with Gasteiger partial charge in [-0.2, -0.15) is 5.10 Å². The molecule has 266 valence electrons. The first-order valence-corrected chi connectivity index (χ1v) is 16.8. The van der Waals surface area contributed by atoms with Crippen molar-refractivity contribution in [3.05, 3.63) is 119 Å². The number of carbonyl (C=O) groups is 1. The van der Waals surface area contributed by atoms with Crippen molar-refractivity contribution in [2.45, 2.75) is 6.42 Å². The zero-order valence-electron chi connectivity index (χ0n) is 28.6. The zero-order valence-corrected chi connectivity index (χ0v) is 28.6. The summed E-state index contributed by atoms with van der Waals surface area (Å²) < 4.78 is 48.2. The third-order valence-electron chi connectivity index (χ3n) is 8.95. The molecule has 1 aliphatic heterocycles. The van der Waals surface area contributed by atoms with Gasteiger partial charge in [0, 0.05) is 62.1 Å². The minimum Gasteiger partial charge on any atom is -0.493 e. The molecule has 0 unspecified atom stereocenters. The maximum absolute atomic E-state index is 15.5. The van der Waals surface area contributed by atoms with Crippen LogP contribution in [0.25, 0.3) is 27.5 Å². The van der Waals surface area contributed by atoms with Crippen LogP contribution in [0.5, 0.6) is 23.0 Å². The van der Waals surface area contributed by atoms with Crippen LogP contribution in [-0.2, 0) is 0 Å². The number of benzene rings is 4. The molecule has 4 aromatic carbocycles. The van der Waals surface area contributed by atoms with E-state index < -0.39 is 28.7 Å². The number of pyridine rings is 1. The van der Waals surface area contributed by atoms with Gasteiger partial charge in [0.25, 0.3) is 5.91 Å². The van der Waals surface area contributed by atoms with Crippen molar-refractivity contribution >= 4 is 33.4 Å². The fraction of sp³-hybridized carbons (Fsp3) is 0.231. The first-order chi connectivity index (χ1) is 25.3. The van der Waals surface area contributed by atoms with Crippen molar-refractivity contribution < 1.29 is 27.8 Å².